The molecule has 4 heterocycles. The predicted octanol–water partition coefficient (Wildman–Crippen LogP) is 1.70. The van der Waals surface area contributed by atoms with Crippen LogP contribution in [-0.2, 0) is 11.3 Å². The van der Waals surface area contributed by atoms with E-state index in [1.807, 2.05) is 24.7 Å². The Kier molecular flexibility index (Phi) is 5.26. The molecule has 0 spiro atoms. The molecular formula is C19H26N6O. The van der Waals surface area contributed by atoms with Gasteiger partial charge in [-0.05, 0) is 30.5 Å². The van der Waals surface area contributed by atoms with Gasteiger partial charge in [0.2, 0.25) is 5.95 Å². The molecule has 4 rings (SSSR count). The van der Waals surface area contributed by atoms with Crippen LogP contribution in [0, 0.1) is 6.92 Å². The molecule has 2 fully saturated rings. The summed E-state index contributed by atoms with van der Waals surface area (Å²) in [6.45, 7) is 8.34. The third-order valence-corrected chi connectivity index (χ3v) is 4.90. The Morgan fingerprint density at radius 1 is 1.23 bits per heavy atom. The fourth-order valence-electron chi connectivity index (χ4n) is 3.61. The van der Waals surface area contributed by atoms with E-state index in [1.54, 1.807) is 0 Å². The molecule has 0 radical (unpaired) electrons. The van der Waals surface area contributed by atoms with Gasteiger partial charge in [-0.25, -0.2) is 4.98 Å². The maximum absolute atomic E-state index is 5.40. The molecular weight excluding hydrogens is 328 g/mol. The molecule has 1 atom stereocenters. The van der Waals surface area contributed by atoms with E-state index in [9.17, 15) is 0 Å². The van der Waals surface area contributed by atoms with E-state index in [1.165, 1.54) is 11.1 Å². The molecule has 7 nitrogen and oxygen atoms in total. The number of aromatic nitrogens is 3. The molecule has 2 aromatic rings. The van der Waals surface area contributed by atoms with Crippen molar-refractivity contribution in [3.63, 3.8) is 0 Å². The van der Waals surface area contributed by atoms with E-state index in [0.717, 1.165) is 64.1 Å². The molecule has 0 saturated carbocycles. The average molecular weight is 354 g/mol. The van der Waals surface area contributed by atoms with E-state index < -0.39 is 0 Å². The Hall–Kier alpha value is -2.25. The summed E-state index contributed by atoms with van der Waals surface area (Å²) in [7, 11) is 0. The Bertz CT molecular complexity index is 733. The van der Waals surface area contributed by atoms with Crippen LogP contribution in [0.5, 0.6) is 0 Å². The third-order valence-electron chi connectivity index (χ3n) is 4.90. The minimum absolute atomic E-state index is 0.417. The summed E-state index contributed by atoms with van der Waals surface area (Å²) >= 11 is 0. The molecule has 138 valence electrons. The highest BCUT2D eigenvalue weighted by molar-refractivity contribution is 5.42. The summed E-state index contributed by atoms with van der Waals surface area (Å²) in [6.07, 6.45) is 6.83. The smallest absolute Gasteiger partial charge is 0.227 e. The van der Waals surface area contributed by atoms with Gasteiger partial charge in [0.25, 0.3) is 0 Å². The molecule has 26 heavy (non-hydrogen) atoms. The second-order valence-corrected chi connectivity index (χ2v) is 7.08. The number of ether oxygens (including phenoxy) is 1. The minimum Gasteiger partial charge on any atom is -0.378 e. The van der Waals surface area contributed by atoms with Crippen LogP contribution in [0.15, 0.2) is 30.7 Å². The Labute approximate surface area is 154 Å². The molecule has 2 aliphatic rings. The first-order chi connectivity index (χ1) is 12.8. The van der Waals surface area contributed by atoms with E-state index in [4.69, 9.17) is 9.72 Å². The number of pyridine rings is 1. The molecule has 0 aliphatic carbocycles. The van der Waals surface area contributed by atoms with Gasteiger partial charge in [-0.3, -0.25) is 9.88 Å². The van der Waals surface area contributed by atoms with Crippen molar-refractivity contribution in [3.05, 3.63) is 41.9 Å². The fourth-order valence-corrected chi connectivity index (χ4v) is 3.61. The average Bonchev–Trinajstić information content (AvgIpc) is 3.09. The molecule has 7 heteroatoms. The largest absolute Gasteiger partial charge is 0.378 e. The van der Waals surface area contributed by atoms with Crippen molar-refractivity contribution < 1.29 is 4.74 Å². The number of rotatable bonds is 5. The van der Waals surface area contributed by atoms with Gasteiger partial charge in [0, 0.05) is 57.4 Å². The van der Waals surface area contributed by atoms with Gasteiger partial charge >= 0.3 is 0 Å². The Morgan fingerprint density at radius 3 is 2.96 bits per heavy atom. The molecule has 2 aromatic heterocycles. The van der Waals surface area contributed by atoms with Crippen molar-refractivity contribution in [1.29, 1.82) is 0 Å². The SMILES string of the molecule is Cc1cncc(CN2CCC(Nc3ccnc(N4CCOCC4)n3)C2)c1. The maximum atomic E-state index is 5.40. The number of anilines is 2. The lowest BCUT2D eigenvalue weighted by Crippen LogP contribution is -2.37. The van der Waals surface area contributed by atoms with Gasteiger partial charge in [0.1, 0.15) is 5.82 Å². The number of morpholine rings is 1. The predicted molar refractivity (Wildman–Crippen MR) is 101 cm³/mol. The lowest BCUT2D eigenvalue weighted by Gasteiger charge is -2.27. The summed E-state index contributed by atoms with van der Waals surface area (Å²) in [4.78, 5) is 18.1. The highest BCUT2D eigenvalue weighted by Crippen LogP contribution is 2.18. The molecule has 2 saturated heterocycles. The molecule has 1 unspecified atom stereocenters. The van der Waals surface area contributed by atoms with Crippen LogP contribution >= 0.6 is 0 Å². The number of likely N-dealkylation sites (tertiary alicyclic amines) is 1. The van der Waals surface area contributed by atoms with Crippen molar-refractivity contribution in [2.75, 3.05) is 49.6 Å². The summed E-state index contributed by atoms with van der Waals surface area (Å²) in [5.74, 6) is 1.70. The van der Waals surface area contributed by atoms with Gasteiger partial charge in [-0.15, -0.1) is 0 Å². The summed E-state index contributed by atoms with van der Waals surface area (Å²) in [6, 6.07) is 4.59. The van der Waals surface area contributed by atoms with E-state index in [0.29, 0.717) is 6.04 Å². The minimum atomic E-state index is 0.417. The van der Waals surface area contributed by atoms with Crippen LogP contribution in [0.4, 0.5) is 11.8 Å². The number of aryl methyl sites for hydroxylation is 1. The quantitative estimate of drug-likeness (QED) is 0.877. The van der Waals surface area contributed by atoms with Crippen LogP contribution < -0.4 is 10.2 Å². The first-order valence-corrected chi connectivity index (χ1v) is 9.31. The summed E-state index contributed by atoms with van der Waals surface area (Å²) in [5.41, 5.74) is 2.50. The second-order valence-electron chi connectivity index (χ2n) is 7.08. The first-order valence-electron chi connectivity index (χ1n) is 9.31. The molecule has 1 N–H and O–H groups in total. The summed E-state index contributed by atoms with van der Waals surface area (Å²) in [5, 5.41) is 3.58. The Balaban J connectivity index is 1.33. The van der Waals surface area contributed by atoms with E-state index >= 15 is 0 Å². The zero-order valence-electron chi connectivity index (χ0n) is 15.3. The Morgan fingerprint density at radius 2 is 2.12 bits per heavy atom. The van der Waals surface area contributed by atoms with Gasteiger partial charge in [-0.1, -0.05) is 6.07 Å². The fraction of sp³-hybridized carbons (Fsp3) is 0.526. The van der Waals surface area contributed by atoms with E-state index in [-0.39, 0.29) is 0 Å². The number of hydrogen-bond acceptors (Lipinski definition) is 7. The maximum Gasteiger partial charge on any atom is 0.227 e. The monoisotopic (exact) mass is 354 g/mol. The lowest BCUT2D eigenvalue weighted by atomic mass is 10.2. The molecule has 0 bridgehead atoms. The number of hydrogen-bond donors (Lipinski definition) is 1. The topological polar surface area (TPSA) is 66.4 Å². The van der Waals surface area contributed by atoms with Crippen LogP contribution in [0.1, 0.15) is 17.5 Å². The van der Waals surface area contributed by atoms with Crippen molar-refractivity contribution in [2.24, 2.45) is 0 Å². The number of nitrogens with zero attached hydrogens (tertiary/aromatic N) is 5. The van der Waals surface area contributed by atoms with Crippen LogP contribution in [-0.4, -0.2) is 65.3 Å². The van der Waals surface area contributed by atoms with Crippen molar-refractivity contribution in [2.45, 2.75) is 25.9 Å². The van der Waals surface area contributed by atoms with Gasteiger partial charge in [0.05, 0.1) is 13.2 Å². The number of nitrogens with one attached hydrogen (secondary N) is 1. The standard InChI is InChI=1S/C19H26N6O/c1-15-10-16(12-20-11-15)13-24-5-3-17(14-24)22-18-2-4-21-19(23-18)25-6-8-26-9-7-25/h2,4,10-12,17H,3,5-9,13-14H2,1H3,(H,21,22,23). The second kappa shape index (κ2) is 7.97. The van der Waals surface area contributed by atoms with E-state index in [2.05, 4.69) is 38.1 Å². The van der Waals surface area contributed by atoms with Crippen LogP contribution in [0.3, 0.4) is 0 Å². The van der Waals surface area contributed by atoms with Gasteiger partial charge in [0.15, 0.2) is 0 Å². The highest BCUT2D eigenvalue weighted by Gasteiger charge is 2.23. The zero-order valence-corrected chi connectivity index (χ0v) is 15.3. The van der Waals surface area contributed by atoms with Crippen molar-refractivity contribution >= 4 is 11.8 Å². The van der Waals surface area contributed by atoms with Gasteiger partial charge < -0.3 is 15.0 Å². The molecule has 0 amide bonds. The van der Waals surface area contributed by atoms with Gasteiger partial charge in [-0.2, -0.15) is 4.98 Å². The molecule has 0 aromatic carbocycles. The van der Waals surface area contributed by atoms with Crippen molar-refractivity contribution in [3.8, 4) is 0 Å². The van der Waals surface area contributed by atoms with Crippen LogP contribution in [0.25, 0.3) is 0 Å². The van der Waals surface area contributed by atoms with Crippen LogP contribution in [0.2, 0.25) is 0 Å². The molecule has 2 aliphatic heterocycles. The highest BCUT2D eigenvalue weighted by atomic mass is 16.5. The first kappa shape index (κ1) is 17.2. The van der Waals surface area contributed by atoms with Crippen molar-refractivity contribution in [1.82, 2.24) is 19.9 Å². The summed E-state index contributed by atoms with van der Waals surface area (Å²) < 4.78 is 5.40. The normalized spacial score (nSPS) is 21.1. The third kappa shape index (κ3) is 4.28. The zero-order chi connectivity index (χ0) is 17.8. The lowest BCUT2D eigenvalue weighted by molar-refractivity contribution is 0.122.